The van der Waals surface area contributed by atoms with E-state index in [1.54, 1.807) is 24.3 Å². The number of piperidine rings is 1. The topological polar surface area (TPSA) is 75.3 Å². The van der Waals surface area contributed by atoms with Crippen molar-refractivity contribution >= 4 is 26.7 Å². The van der Waals surface area contributed by atoms with Gasteiger partial charge in [-0.3, -0.25) is 4.79 Å². The van der Waals surface area contributed by atoms with E-state index in [4.69, 9.17) is 0 Å². The van der Waals surface area contributed by atoms with Crippen LogP contribution in [0.5, 0.6) is 0 Å². The van der Waals surface area contributed by atoms with Crippen LogP contribution in [0.1, 0.15) is 12.8 Å². The lowest BCUT2D eigenvalue weighted by Gasteiger charge is -2.23. The first-order valence-electron chi connectivity index (χ1n) is 6.86. The second-order valence-electron chi connectivity index (χ2n) is 5.08. The van der Waals surface area contributed by atoms with Gasteiger partial charge in [0.15, 0.2) is 0 Å². The predicted octanol–water partition coefficient (Wildman–Crippen LogP) is 1.40. The maximum atomic E-state index is 12.6. The van der Waals surface area contributed by atoms with Crippen molar-refractivity contribution in [2.45, 2.75) is 23.8 Å². The molecule has 0 aliphatic carbocycles. The largest absolute Gasteiger partial charge is 0.355 e. The minimum atomic E-state index is -3.73. The maximum absolute atomic E-state index is 12.6. The van der Waals surface area contributed by atoms with Gasteiger partial charge in [0.2, 0.25) is 15.9 Å². The van der Waals surface area contributed by atoms with E-state index in [0.717, 1.165) is 11.8 Å². The van der Waals surface area contributed by atoms with E-state index in [1.807, 2.05) is 18.2 Å². The second-order valence-corrected chi connectivity index (χ2v) is 6.77. The van der Waals surface area contributed by atoms with Crippen molar-refractivity contribution in [2.24, 2.45) is 0 Å². The number of rotatable bonds is 3. The van der Waals surface area contributed by atoms with Gasteiger partial charge < -0.3 is 5.32 Å². The molecule has 0 aromatic heterocycles. The third-order valence-electron chi connectivity index (χ3n) is 3.62. The zero-order valence-electron chi connectivity index (χ0n) is 11.4. The summed E-state index contributed by atoms with van der Waals surface area (Å²) < 4.78 is 27.7. The van der Waals surface area contributed by atoms with E-state index >= 15 is 0 Å². The minimum Gasteiger partial charge on any atom is -0.355 e. The van der Waals surface area contributed by atoms with E-state index in [0.29, 0.717) is 18.4 Å². The zero-order valence-corrected chi connectivity index (χ0v) is 12.2. The molecule has 2 N–H and O–H groups in total. The molecule has 0 saturated carbocycles. The minimum absolute atomic E-state index is 0.207. The Morgan fingerprint density at radius 2 is 1.86 bits per heavy atom. The Balaban J connectivity index is 1.98. The quantitative estimate of drug-likeness (QED) is 0.900. The third kappa shape index (κ3) is 2.77. The zero-order chi connectivity index (χ0) is 14.9. The number of hydrogen-bond donors (Lipinski definition) is 2. The van der Waals surface area contributed by atoms with E-state index in [9.17, 15) is 13.2 Å². The highest BCUT2D eigenvalue weighted by Crippen LogP contribution is 2.23. The molecule has 1 atom stereocenters. The number of nitrogens with one attached hydrogen (secondary N) is 2. The number of amides is 1. The van der Waals surface area contributed by atoms with Gasteiger partial charge in [0.1, 0.15) is 6.04 Å². The molecular formula is C15H16N2O3S. The molecule has 0 spiro atoms. The average molecular weight is 304 g/mol. The van der Waals surface area contributed by atoms with Crippen molar-refractivity contribution in [2.75, 3.05) is 6.54 Å². The number of sulfonamides is 1. The van der Waals surface area contributed by atoms with Gasteiger partial charge >= 0.3 is 0 Å². The highest BCUT2D eigenvalue weighted by atomic mass is 32.2. The molecule has 0 bridgehead atoms. The first-order valence-corrected chi connectivity index (χ1v) is 8.34. The molecule has 21 heavy (non-hydrogen) atoms. The molecule has 1 fully saturated rings. The fourth-order valence-corrected chi connectivity index (χ4v) is 4.02. The van der Waals surface area contributed by atoms with E-state index in [-0.39, 0.29) is 10.8 Å². The van der Waals surface area contributed by atoms with Gasteiger partial charge in [-0.15, -0.1) is 0 Å². The van der Waals surface area contributed by atoms with Crippen LogP contribution in [0.15, 0.2) is 47.4 Å². The summed E-state index contributed by atoms with van der Waals surface area (Å²) in [6, 6.07) is 11.7. The van der Waals surface area contributed by atoms with E-state index in [1.165, 1.54) is 0 Å². The van der Waals surface area contributed by atoms with Crippen LogP contribution < -0.4 is 10.0 Å². The molecule has 5 nitrogen and oxygen atoms in total. The fraction of sp³-hybridized carbons (Fsp3) is 0.267. The van der Waals surface area contributed by atoms with Crippen molar-refractivity contribution in [3.05, 3.63) is 42.5 Å². The summed E-state index contributed by atoms with van der Waals surface area (Å²) in [5.74, 6) is -0.259. The highest BCUT2D eigenvalue weighted by Gasteiger charge is 2.28. The van der Waals surface area contributed by atoms with Crippen LogP contribution in [-0.2, 0) is 14.8 Å². The highest BCUT2D eigenvalue weighted by molar-refractivity contribution is 7.89. The summed E-state index contributed by atoms with van der Waals surface area (Å²) in [5.41, 5.74) is 0. The molecule has 1 amide bonds. The van der Waals surface area contributed by atoms with Gasteiger partial charge in [0, 0.05) is 11.9 Å². The van der Waals surface area contributed by atoms with Crippen LogP contribution in [0.4, 0.5) is 0 Å². The molecule has 3 rings (SSSR count). The number of benzene rings is 2. The number of hydrogen-bond acceptors (Lipinski definition) is 3. The molecule has 2 aromatic rings. The summed E-state index contributed by atoms with van der Waals surface area (Å²) in [5, 5.41) is 4.19. The second kappa shape index (κ2) is 5.46. The summed E-state index contributed by atoms with van der Waals surface area (Å²) >= 11 is 0. The number of fused-ring (bicyclic) bond motifs is 1. The van der Waals surface area contributed by atoms with Gasteiger partial charge in [-0.2, -0.15) is 4.72 Å². The van der Waals surface area contributed by atoms with Crippen molar-refractivity contribution < 1.29 is 13.2 Å². The van der Waals surface area contributed by atoms with Gasteiger partial charge in [-0.05, 0) is 24.3 Å². The molecule has 6 heteroatoms. The smallest absolute Gasteiger partial charge is 0.241 e. The van der Waals surface area contributed by atoms with Crippen LogP contribution in [0, 0.1) is 0 Å². The monoisotopic (exact) mass is 304 g/mol. The molecule has 1 heterocycles. The van der Waals surface area contributed by atoms with E-state index < -0.39 is 16.1 Å². The van der Waals surface area contributed by atoms with Crippen LogP contribution in [-0.4, -0.2) is 26.9 Å². The molecule has 1 aliphatic heterocycles. The van der Waals surface area contributed by atoms with Crippen LogP contribution in [0.25, 0.3) is 10.8 Å². The molecule has 1 aliphatic rings. The van der Waals surface area contributed by atoms with Gasteiger partial charge in [-0.1, -0.05) is 36.4 Å². The van der Waals surface area contributed by atoms with Gasteiger partial charge in [-0.25, -0.2) is 8.42 Å². The lowest BCUT2D eigenvalue weighted by molar-refractivity contribution is -0.124. The fourth-order valence-electron chi connectivity index (χ4n) is 2.57. The van der Waals surface area contributed by atoms with E-state index in [2.05, 4.69) is 10.0 Å². The normalized spacial score (nSPS) is 19.4. The Morgan fingerprint density at radius 1 is 1.10 bits per heavy atom. The first kappa shape index (κ1) is 14.0. The molecular weight excluding hydrogens is 288 g/mol. The summed E-state index contributed by atoms with van der Waals surface area (Å²) in [4.78, 5) is 11.9. The summed E-state index contributed by atoms with van der Waals surface area (Å²) in [7, 11) is -3.73. The first-order chi connectivity index (χ1) is 10.1. The predicted molar refractivity (Wildman–Crippen MR) is 80.3 cm³/mol. The Bertz CT molecular complexity index is 781. The Hall–Kier alpha value is -1.92. The lowest BCUT2D eigenvalue weighted by Crippen LogP contribution is -2.50. The molecule has 2 aromatic carbocycles. The maximum Gasteiger partial charge on any atom is 0.241 e. The molecule has 0 radical (unpaired) electrons. The number of carbonyl (C=O) groups excluding carboxylic acids is 1. The number of carbonyl (C=O) groups is 1. The lowest BCUT2D eigenvalue weighted by atomic mass is 10.1. The van der Waals surface area contributed by atoms with Crippen molar-refractivity contribution in [3.63, 3.8) is 0 Å². The Morgan fingerprint density at radius 3 is 2.67 bits per heavy atom. The van der Waals surface area contributed by atoms with Crippen LogP contribution in [0.3, 0.4) is 0 Å². The Kier molecular flexibility index (Phi) is 3.65. The van der Waals surface area contributed by atoms with Crippen molar-refractivity contribution in [1.29, 1.82) is 0 Å². The molecule has 1 saturated heterocycles. The molecule has 1 unspecified atom stereocenters. The van der Waals surface area contributed by atoms with Gasteiger partial charge in [0.25, 0.3) is 0 Å². The van der Waals surface area contributed by atoms with Crippen molar-refractivity contribution in [3.8, 4) is 0 Å². The van der Waals surface area contributed by atoms with Crippen LogP contribution in [0.2, 0.25) is 0 Å². The summed E-state index contributed by atoms with van der Waals surface area (Å²) in [6.07, 6.45) is 1.30. The third-order valence-corrected chi connectivity index (χ3v) is 5.15. The van der Waals surface area contributed by atoms with Crippen LogP contribution >= 0.6 is 0 Å². The Labute approximate surface area is 123 Å². The molecule has 110 valence electrons. The SMILES string of the molecule is O=C1NCCCC1NS(=O)(=O)c1cccc2ccccc12. The summed E-state index contributed by atoms with van der Waals surface area (Å²) in [6.45, 7) is 0.603. The van der Waals surface area contributed by atoms with Gasteiger partial charge in [0.05, 0.1) is 4.90 Å². The standard InChI is InChI=1S/C15H16N2O3S/c18-15-13(8-4-10-16-15)17-21(19,20)14-9-3-6-11-5-1-2-7-12(11)14/h1-3,5-7,9,13,17H,4,8,10H2,(H,16,18). The van der Waals surface area contributed by atoms with Crippen molar-refractivity contribution in [1.82, 2.24) is 10.0 Å². The average Bonchev–Trinajstić information content (AvgIpc) is 2.49.